The maximum Gasteiger partial charge on any atom is 0.416 e. The van der Waals surface area contributed by atoms with E-state index in [1.165, 1.54) is 31.0 Å². The Balaban J connectivity index is 1.53. The van der Waals surface area contributed by atoms with Gasteiger partial charge in [0.15, 0.2) is 9.84 Å². The lowest BCUT2D eigenvalue weighted by molar-refractivity contribution is -0.137. The van der Waals surface area contributed by atoms with E-state index in [-0.39, 0.29) is 44.2 Å². The highest BCUT2D eigenvalue weighted by atomic mass is 35.5. The molecule has 2 aliphatic heterocycles. The number of benzene rings is 3. The van der Waals surface area contributed by atoms with E-state index in [0.29, 0.717) is 11.6 Å². The van der Waals surface area contributed by atoms with Crippen LogP contribution in [0.5, 0.6) is 0 Å². The highest BCUT2D eigenvalue weighted by Gasteiger charge is 2.33. The number of carbonyl (C=O) groups excluding carboxylic acids is 1. The number of amides is 1. The minimum absolute atomic E-state index is 0.0896. The minimum Gasteiger partial charge on any atom is -0.345 e. The average molecular weight is 699 g/mol. The first-order valence-electron chi connectivity index (χ1n) is 16.2. The first kappa shape index (κ1) is 34.4. The molecule has 0 saturated carbocycles. The van der Waals surface area contributed by atoms with Gasteiger partial charge < -0.3 is 10.2 Å². The zero-order valence-electron chi connectivity index (χ0n) is 26.9. The monoisotopic (exact) mass is 698 g/mol. The highest BCUT2D eigenvalue weighted by Crippen LogP contribution is 2.38. The lowest BCUT2D eigenvalue weighted by Gasteiger charge is -2.37. The van der Waals surface area contributed by atoms with Crippen LogP contribution in [-0.2, 0) is 22.6 Å². The van der Waals surface area contributed by atoms with Gasteiger partial charge in [0.05, 0.1) is 38.3 Å². The summed E-state index contributed by atoms with van der Waals surface area (Å²) in [5, 5.41) is 3.23. The molecule has 254 valence electrons. The molecule has 3 aromatic carbocycles. The molecule has 1 amide bonds. The van der Waals surface area contributed by atoms with Crippen molar-refractivity contribution in [3.8, 4) is 11.3 Å². The molecular weight excluding hydrogens is 661 g/mol. The minimum atomic E-state index is -4.59. The molecule has 12 heteroatoms. The third-order valence-electron chi connectivity index (χ3n) is 9.47. The second kappa shape index (κ2) is 13.8. The Labute approximate surface area is 284 Å². The number of carbonyl (C=O) groups is 1. The standard InChI is InChI=1S/C36H38ClF3N4O3S/c1-23(24-9-4-3-5-10-24)41-35(45)33-28-20-32(48(2,46)47)30(37)21-31(28)42-34(25-11-8-12-26(19-25)36(38,39)40)29(33)22-43-17-13-27(14-18-43)44-15-6-7-16-44/h3-5,8-12,19-21,23,27H,6-7,13-18,22H2,1-2H3,(H,41,45)/t23-/m0/s1. The van der Waals surface area contributed by atoms with Crippen molar-refractivity contribution >= 4 is 38.2 Å². The number of sulfone groups is 1. The molecule has 1 N–H and O–H groups in total. The van der Waals surface area contributed by atoms with E-state index in [0.717, 1.165) is 63.0 Å². The van der Waals surface area contributed by atoms with Gasteiger partial charge in [0.2, 0.25) is 0 Å². The summed E-state index contributed by atoms with van der Waals surface area (Å²) in [5.74, 6) is -0.490. The number of alkyl halides is 3. The molecule has 0 spiro atoms. The maximum absolute atomic E-state index is 14.5. The van der Waals surface area contributed by atoms with Gasteiger partial charge in [-0.05, 0) is 88.6 Å². The van der Waals surface area contributed by atoms with E-state index >= 15 is 0 Å². The van der Waals surface area contributed by atoms with Crippen LogP contribution in [0.3, 0.4) is 0 Å². The summed E-state index contributed by atoms with van der Waals surface area (Å²) in [7, 11) is -3.80. The van der Waals surface area contributed by atoms with Crippen LogP contribution in [0.15, 0.2) is 71.6 Å². The number of rotatable bonds is 8. The average Bonchev–Trinajstić information content (AvgIpc) is 3.59. The molecule has 4 aromatic rings. The van der Waals surface area contributed by atoms with Crippen molar-refractivity contribution in [1.29, 1.82) is 0 Å². The van der Waals surface area contributed by atoms with Crippen molar-refractivity contribution in [3.05, 3.63) is 94.0 Å². The molecule has 0 radical (unpaired) electrons. The summed E-state index contributed by atoms with van der Waals surface area (Å²) in [6.07, 6.45) is 0.697. The van der Waals surface area contributed by atoms with Crippen molar-refractivity contribution < 1.29 is 26.4 Å². The fourth-order valence-electron chi connectivity index (χ4n) is 6.95. The smallest absolute Gasteiger partial charge is 0.345 e. The molecule has 6 rings (SSSR count). The number of hydrogen-bond acceptors (Lipinski definition) is 6. The number of hydrogen-bond donors (Lipinski definition) is 1. The number of nitrogens with zero attached hydrogens (tertiary/aromatic N) is 3. The SMILES string of the molecule is C[C@H](NC(=O)c1c(CN2CCC(N3CCCC3)CC2)c(-c2cccc(C(F)(F)F)c2)nc2cc(Cl)c(S(C)(=O)=O)cc12)c1ccccc1. The van der Waals surface area contributed by atoms with E-state index in [1.807, 2.05) is 37.3 Å². The van der Waals surface area contributed by atoms with Gasteiger partial charge >= 0.3 is 6.18 Å². The third-order valence-corrected chi connectivity index (χ3v) is 11.0. The van der Waals surface area contributed by atoms with Crippen LogP contribution in [0.2, 0.25) is 5.02 Å². The largest absolute Gasteiger partial charge is 0.416 e. The van der Waals surface area contributed by atoms with Crippen molar-refractivity contribution in [2.24, 2.45) is 0 Å². The topological polar surface area (TPSA) is 82.6 Å². The summed E-state index contributed by atoms with van der Waals surface area (Å²) in [6, 6.07) is 17.1. The molecule has 1 atom stereocenters. The molecule has 3 heterocycles. The molecular formula is C36H38ClF3N4O3S. The van der Waals surface area contributed by atoms with Crippen LogP contribution in [-0.4, -0.2) is 67.6 Å². The summed E-state index contributed by atoms with van der Waals surface area (Å²) in [4.78, 5) is 23.9. The van der Waals surface area contributed by atoms with Gasteiger partial charge in [-0.2, -0.15) is 13.2 Å². The number of likely N-dealkylation sites (tertiary alicyclic amines) is 2. The lowest BCUT2D eigenvalue weighted by atomic mass is 9.93. The van der Waals surface area contributed by atoms with Crippen LogP contribution in [0.4, 0.5) is 13.2 Å². The molecule has 2 fully saturated rings. The number of aromatic nitrogens is 1. The summed E-state index contributed by atoms with van der Waals surface area (Å²) >= 11 is 6.45. The molecule has 48 heavy (non-hydrogen) atoms. The van der Waals surface area contributed by atoms with Crippen LogP contribution < -0.4 is 5.32 Å². The predicted octanol–water partition coefficient (Wildman–Crippen LogP) is 7.53. The quantitative estimate of drug-likeness (QED) is 0.205. The second-order valence-electron chi connectivity index (χ2n) is 12.8. The maximum atomic E-state index is 14.5. The summed E-state index contributed by atoms with van der Waals surface area (Å²) in [6.45, 7) is 5.73. The van der Waals surface area contributed by atoms with E-state index in [4.69, 9.17) is 16.6 Å². The van der Waals surface area contributed by atoms with Crippen molar-refractivity contribution in [2.75, 3.05) is 32.4 Å². The Bertz CT molecular complexity index is 1920. The molecule has 0 unspecified atom stereocenters. The van der Waals surface area contributed by atoms with E-state index in [2.05, 4.69) is 15.1 Å². The number of halogens is 4. The Kier molecular flexibility index (Phi) is 9.86. The van der Waals surface area contributed by atoms with Crippen LogP contribution in [0.1, 0.15) is 65.7 Å². The Hall–Kier alpha value is -3.51. The van der Waals surface area contributed by atoms with Crippen LogP contribution in [0, 0.1) is 0 Å². The van der Waals surface area contributed by atoms with Crippen molar-refractivity contribution in [3.63, 3.8) is 0 Å². The molecule has 0 aliphatic carbocycles. The zero-order valence-corrected chi connectivity index (χ0v) is 28.4. The summed E-state index contributed by atoms with van der Waals surface area (Å²) in [5.41, 5.74) is 1.23. The summed E-state index contributed by atoms with van der Waals surface area (Å²) < 4.78 is 67.3. The van der Waals surface area contributed by atoms with Gasteiger partial charge in [0.25, 0.3) is 5.91 Å². The molecule has 0 bridgehead atoms. The fraction of sp³-hybridized carbons (Fsp3) is 0.389. The fourth-order valence-corrected chi connectivity index (χ4v) is 8.27. The van der Waals surface area contributed by atoms with E-state index < -0.39 is 33.5 Å². The first-order valence-corrected chi connectivity index (χ1v) is 18.4. The first-order chi connectivity index (χ1) is 22.8. The second-order valence-corrected chi connectivity index (χ2v) is 15.2. The third kappa shape index (κ3) is 7.39. The number of pyridine rings is 1. The highest BCUT2D eigenvalue weighted by molar-refractivity contribution is 7.90. The lowest BCUT2D eigenvalue weighted by Crippen LogP contribution is -2.43. The van der Waals surface area contributed by atoms with Gasteiger partial charge in [-0.15, -0.1) is 0 Å². The Morgan fingerprint density at radius 2 is 1.69 bits per heavy atom. The number of nitrogens with one attached hydrogen (secondary N) is 1. The Morgan fingerprint density at radius 3 is 2.33 bits per heavy atom. The van der Waals surface area contributed by atoms with Crippen LogP contribution in [0.25, 0.3) is 22.2 Å². The van der Waals surface area contributed by atoms with Gasteiger partial charge in [-0.3, -0.25) is 9.69 Å². The van der Waals surface area contributed by atoms with Gasteiger partial charge in [0.1, 0.15) is 0 Å². The van der Waals surface area contributed by atoms with Crippen LogP contribution >= 0.6 is 11.6 Å². The molecule has 2 saturated heterocycles. The number of piperidine rings is 1. The molecule has 2 aliphatic rings. The normalized spacial score (nSPS) is 17.5. The van der Waals surface area contributed by atoms with Gasteiger partial charge in [-0.1, -0.05) is 54.1 Å². The Morgan fingerprint density at radius 1 is 1.00 bits per heavy atom. The molecule has 1 aromatic heterocycles. The van der Waals surface area contributed by atoms with E-state index in [9.17, 15) is 26.4 Å². The van der Waals surface area contributed by atoms with Gasteiger partial charge in [-0.25, -0.2) is 13.4 Å². The number of fused-ring (bicyclic) bond motifs is 1. The van der Waals surface area contributed by atoms with Gasteiger partial charge in [0, 0.05) is 35.4 Å². The van der Waals surface area contributed by atoms with Crippen molar-refractivity contribution in [1.82, 2.24) is 20.1 Å². The molecule has 7 nitrogen and oxygen atoms in total. The van der Waals surface area contributed by atoms with E-state index in [1.54, 1.807) is 6.07 Å². The zero-order chi connectivity index (χ0) is 34.2. The van der Waals surface area contributed by atoms with Crippen molar-refractivity contribution in [2.45, 2.75) is 62.3 Å². The predicted molar refractivity (Wildman–Crippen MR) is 182 cm³/mol.